The molecule has 5 heteroatoms. The van der Waals surface area contributed by atoms with Crippen LogP contribution in [0, 0.1) is 13.8 Å². The predicted molar refractivity (Wildman–Crippen MR) is 96.7 cm³/mol. The Morgan fingerprint density at radius 3 is 3.00 bits per heavy atom. The van der Waals surface area contributed by atoms with Gasteiger partial charge in [0.05, 0.1) is 13.2 Å². The van der Waals surface area contributed by atoms with Gasteiger partial charge in [-0.2, -0.15) is 0 Å². The number of rotatable bonds is 5. The molecule has 1 atom stereocenters. The molecule has 0 aliphatic carbocycles. The first kappa shape index (κ1) is 17.9. The average molecular weight is 342 g/mol. The van der Waals surface area contributed by atoms with Crippen LogP contribution in [-0.4, -0.2) is 53.5 Å². The number of benzene rings is 1. The summed E-state index contributed by atoms with van der Waals surface area (Å²) in [7, 11) is 0. The summed E-state index contributed by atoms with van der Waals surface area (Å²) in [4.78, 5) is 6.36. The third-order valence-corrected chi connectivity index (χ3v) is 4.47. The van der Waals surface area contributed by atoms with E-state index in [2.05, 4.69) is 16.8 Å². The van der Waals surface area contributed by atoms with Crippen molar-refractivity contribution in [3.63, 3.8) is 0 Å². The number of aromatic nitrogens is 1. The molecule has 0 unspecified atom stereocenters. The van der Waals surface area contributed by atoms with Gasteiger partial charge in [-0.1, -0.05) is 12.1 Å². The molecule has 2 aromatic rings. The Balaban J connectivity index is 1.64. The molecule has 0 bridgehead atoms. The van der Waals surface area contributed by atoms with Gasteiger partial charge < -0.3 is 14.6 Å². The lowest BCUT2D eigenvalue weighted by Gasteiger charge is -2.30. The minimum Gasteiger partial charge on any atom is -0.490 e. The van der Waals surface area contributed by atoms with E-state index in [-0.39, 0.29) is 13.2 Å². The van der Waals surface area contributed by atoms with Crippen molar-refractivity contribution < 1.29 is 14.6 Å². The molecule has 0 amide bonds. The maximum absolute atomic E-state index is 11.0. The van der Waals surface area contributed by atoms with Gasteiger partial charge in [-0.15, -0.1) is 0 Å². The predicted octanol–water partition coefficient (Wildman–Crippen LogP) is 2.34. The number of ether oxygens (including phenoxy) is 2. The van der Waals surface area contributed by atoms with Crippen LogP contribution >= 0.6 is 0 Å². The molecule has 1 aromatic carbocycles. The zero-order valence-corrected chi connectivity index (χ0v) is 14.9. The second kappa shape index (κ2) is 7.95. The lowest BCUT2D eigenvalue weighted by atomic mass is 10.1. The molecule has 134 valence electrons. The summed E-state index contributed by atoms with van der Waals surface area (Å²) in [5, 5.41) is 11.0. The maximum atomic E-state index is 11.0. The van der Waals surface area contributed by atoms with Crippen molar-refractivity contribution in [2.45, 2.75) is 26.0 Å². The van der Waals surface area contributed by atoms with E-state index in [1.54, 1.807) is 0 Å². The second-order valence-corrected chi connectivity index (χ2v) is 6.89. The number of hydrogen-bond donors (Lipinski definition) is 1. The Bertz CT molecular complexity index is 707. The van der Waals surface area contributed by atoms with Crippen molar-refractivity contribution in [3.05, 3.63) is 59.4 Å². The Kier molecular flexibility index (Phi) is 5.68. The number of aliphatic hydroxyl groups is 1. The Labute approximate surface area is 149 Å². The first-order valence-corrected chi connectivity index (χ1v) is 8.66. The fourth-order valence-electron chi connectivity index (χ4n) is 3.06. The molecule has 1 aliphatic heterocycles. The van der Waals surface area contributed by atoms with Crippen LogP contribution in [0.2, 0.25) is 0 Å². The van der Waals surface area contributed by atoms with Crippen molar-refractivity contribution in [3.8, 4) is 5.75 Å². The van der Waals surface area contributed by atoms with Crippen molar-refractivity contribution in [2.75, 3.05) is 32.9 Å². The number of nitrogens with zero attached hydrogens (tertiary/aromatic N) is 2. The van der Waals surface area contributed by atoms with E-state index in [0.717, 1.165) is 30.0 Å². The monoisotopic (exact) mass is 342 g/mol. The Morgan fingerprint density at radius 2 is 2.20 bits per heavy atom. The van der Waals surface area contributed by atoms with E-state index in [1.807, 2.05) is 49.6 Å². The summed E-state index contributed by atoms with van der Waals surface area (Å²) in [6.45, 7) is 7.25. The summed E-state index contributed by atoms with van der Waals surface area (Å²) in [5.74, 6) is 0.772. The highest BCUT2D eigenvalue weighted by Crippen LogP contribution is 2.19. The minimum absolute atomic E-state index is 0.211. The standard InChI is InChI=1S/C20H26N2O3/c1-16-4-3-5-19(10-16)25-15-20(23)13-22(8-9-24-14-20)12-18-6-7-21-11-17(18)2/h3-7,10-11,23H,8-9,12-15H2,1-2H3/t20-/m1/s1. The molecular formula is C20H26N2O3. The zero-order valence-electron chi connectivity index (χ0n) is 14.9. The highest BCUT2D eigenvalue weighted by molar-refractivity contribution is 5.27. The lowest BCUT2D eigenvalue weighted by Crippen LogP contribution is -2.48. The minimum atomic E-state index is -1.03. The summed E-state index contributed by atoms with van der Waals surface area (Å²) < 4.78 is 11.5. The van der Waals surface area contributed by atoms with Gasteiger partial charge >= 0.3 is 0 Å². The van der Waals surface area contributed by atoms with Crippen LogP contribution in [0.5, 0.6) is 5.75 Å². The van der Waals surface area contributed by atoms with E-state index in [9.17, 15) is 5.11 Å². The van der Waals surface area contributed by atoms with E-state index in [0.29, 0.717) is 13.2 Å². The highest BCUT2D eigenvalue weighted by Gasteiger charge is 2.33. The molecule has 5 nitrogen and oxygen atoms in total. The summed E-state index contributed by atoms with van der Waals surface area (Å²) in [6, 6.07) is 9.89. The molecule has 1 saturated heterocycles. The number of aryl methyl sites for hydroxylation is 2. The van der Waals surface area contributed by atoms with Gasteiger partial charge in [0, 0.05) is 32.0 Å². The topological polar surface area (TPSA) is 54.8 Å². The zero-order chi connectivity index (χ0) is 17.7. The second-order valence-electron chi connectivity index (χ2n) is 6.89. The third kappa shape index (κ3) is 5.01. The van der Waals surface area contributed by atoms with Gasteiger partial charge in [-0.25, -0.2) is 0 Å². The van der Waals surface area contributed by atoms with Crippen LogP contribution in [-0.2, 0) is 11.3 Å². The molecule has 1 N–H and O–H groups in total. The number of β-amino-alcohol motifs (C(OH)–C–C–N with tert-alkyl or cyclic N) is 1. The van der Waals surface area contributed by atoms with Gasteiger partial charge in [0.1, 0.15) is 18.0 Å². The molecular weight excluding hydrogens is 316 g/mol. The molecule has 3 rings (SSSR count). The van der Waals surface area contributed by atoms with E-state index < -0.39 is 5.60 Å². The third-order valence-electron chi connectivity index (χ3n) is 4.47. The largest absolute Gasteiger partial charge is 0.490 e. The first-order valence-electron chi connectivity index (χ1n) is 8.66. The molecule has 0 spiro atoms. The van der Waals surface area contributed by atoms with Gasteiger partial charge in [0.15, 0.2) is 0 Å². The maximum Gasteiger partial charge on any atom is 0.134 e. The molecule has 1 aliphatic rings. The fraction of sp³-hybridized carbons (Fsp3) is 0.450. The SMILES string of the molecule is Cc1cccc(OC[C@]2(O)COCCN(Cc3ccncc3C)C2)c1. The van der Waals surface area contributed by atoms with Crippen molar-refractivity contribution >= 4 is 0 Å². The van der Waals surface area contributed by atoms with Crippen LogP contribution < -0.4 is 4.74 Å². The lowest BCUT2D eigenvalue weighted by molar-refractivity contribution is -0.0646. The molecule has 25 heavy (non-hydrogen) atoms. The molecule has 1 fully saturated rings. The summed E-state index contributed by atoms with van der Waals surface area (Å²) in [5.41, 5.74) is 2.49. The average Bonchev–Trinajstić information content (AvgIpc) is 2.77. The van der Waals surface area contributed by atoms with Gasteiger partial charge in [0.2, 0.25) is 0 Å². The Hall–Kier alpha value is -1.95. The van der Waals surface area contributed by atoms with E-state index >= 15 is 0 Å². The van der Waals surface area contributed by atoms with Crippen molar-refractivity contribution in [2.24, 2.45) is 0 Å². The van der Waals surface area contributed by atoms with Crippen LogP contribution in [0.4, 0.5) is 0 Å². The van der Waals surface area contributed by atoms with Crippen LogP contribution in [0.15, 0.2) is 42.7 Å². The van der Waals surface area contributed by atoms with Crippen LogP contribution in [0.3, 0.4) is 0 Å². The van der Waals surface area contributed by atoms with Crippen LogP contribution in [0.25, 0.3) is 0 Å². The highest BCUT2D eigenvalue weighted by atomic mass is 16.5. The number of pyridine rings is 1. The molecule has 2 heterocycles. The van der Waals surface area contributed by atoms with Crippen molar-refractivity contribution in [1.82, 2.24) is 9.88 Å². The normalized spacial score (nSPS) is 21.7. The number of hydrogen-bond acceptors (Lipinski definition) is 5. The molecule has 0 saturated carbocycles. The Morgan fingerprint density at radius 1 is 1.32 bits per heavy atom. The molecule has 0 radical (unpaired) electrons. The summed E-state index contributed by atoms with van der Waals surface area (Å²) in [6.07, 6.45) is 3.68. The smallest absolute Gasteiger partial charge is 0.134 e. The van der Waals surface area contributed by atoms with Gasteiger partial charge in [0.25, 0.3) is 0 Å². The van der Waals surface area contributed by atoms with E-state index in [4.69, 9.17) is 9.47 Å². The first-order chi connectivity index (χ1) is 12.0. The quantitative estimate of drug-likeness (QED) is 0.904. The van der Waals surface area contributed by atoms with Crippen molar-refractivity contribution in [1.29, 1.82) is 0 Å². The summed E-state index contributed by atoms with van der Waals surface area (Å²) >= 11 is 0. The van der Waals surface area contributed by atoms with Crippen LogP contribution in [0.1, 0.15) is 16.7 Å². The van der Waals surface area contributed by atoms with Gasteiger partial charge in [-0.3, -0.25) is 9.88 Å². The molecule has 1 aromatic heterocycles. The van der Waals surface area contributed by atoms with Gasteiger partial charge in [-0.05, 0) is 48.7 Å². The fourth-order valence-corrected chi connectivity index (χ4v) is 3.06. The van der Waals surface area contributed by atoms with E-state index in [1.165, 1.54) is 5.56 Å².